The summed E-state index contributed by atoms with van der Waals surface area (Å²) < 4.78 is 0. The molecule has 1 amide bonds. The molecule has 1 atom stereocenters. The van der Waals surface area contributed by atoms with E-state index in [-0.39, 0.29) is 5.91 Å². The minimum atomic E-state index is -0.585. The van der Waals surface area contributed by atoms with Crippen molar-refractivity contribution in [1.29, 1.82) is 0 Å². The van der Waals surface area contributed by atoms with Gasteiger partial charge in [-0.15, -0.1) is 0 Å². The summed E-state index contributed by atoms with van der Waals surface area (Å²) in [6.45, 7) is 4.46. The maximum atomic E-state index is 13.1. The van der Waals surface area contributed by atoms with Crippen LogP contribution in [0.3, 0.4) is 0 Å². The Hall–Kier alpha value is -3.51. The number of aromatic nitrogens is 1. The maximum Gasteiger partial charge on any atom is 0.255 e. The average molecular weight is 443 g/mol. The number of nitrogens with zero attached hydrogens (tertiary/aromatic N) is 3. The smallest absolute Gasteiger partial charge is 0.255 e. The van der Waals surface area contributed by atoms with Gasteiger partial charge in [0.05, 0.1) is 11.6 Å². The SMILES string of the molecule is O=CC(Cc1ccccc1)NC(=O)c1cccnc1N1CCCN(Cc2ccccc2)CC1. The average Bonchev–Trinajstić information content (AvgIpc) is 3.10. The van der Waals surface area contributed by atoms with Crippen molar-refractivity contribution in [3.63, 3.8) is 0 Å². The predicted molar refractivity (Wildman–Crippen MR) is 130 cm³/mol. The van der Waals surface area contributed by atoms with Crippen LogP contribution < -0.4 is 10.2 Å². The molecule has 170 valence electrons. The molecule has 0 spiro atoms. The van der Waals surface area contributed by atoms with E-state index in [1.165, 1.54) is 5.56 Å². The Morgan fingerprint density at radius 3 is 2.36 bits per heavy atom. The second-order valence-corrected chi connectivity index (χ2v) is 8.38. The zero-order chi connectivity index (χ0) is 22.9. The van der Waals surface area contributed by atoms with Crippen LogP contribution in [0.1, 0.15) is 27.9 Å². The molecule has 2 heterocycles. The minimum Gasteiger partial charge on any atom is -0.355 e. The van der Waals surface area contributed by atoms with Crippen molar-refractivity contribution in [1.82, 2.24) is 15.2 Å². The fourth-order valence-electron chi connectivity index (χ4n) is 4.26. The van der Waals surface area contributed by atoms with Gasteiger partial charge in [-0.2, -0.15) is 0 Å². The molecule has 1 saturated heterocycles. The lowest BCUT2D eigenvalue weighted by molar-refractivity contribution is -0.109. The van der Waals surface area contributed by atoms with E-state index in [0.717, 1.165) is 51.0 Å². The lowest BCUT2D eigenvalue weighted by atomic mass is 10.1. The van der Waals surface area contributed by atoms with Gasteiger partial charge in [-0.3, -0.25) is 9.69 Å². The molecule has 1 N–H and O–H groups in total. The second-order valence-electron chi connectivity index (χ2n) is 8.38. The maximum absolute atomic E-state index is 13.1. The van der Waals surface area contributed by atoms with Gasteiger partial charge >= 0.3 is 0 Å². The third-order valence-electron chi connectivity index (χ3n) is 5.95. The summed E-state index contributed by atoms with van der Waals surface area (Å²) in [4.78, 5) is 33.9. The Morgan fingerprint density at radius 1 is 0.909 bits per heavy atom. The summed E-state index contributed by atoms with van der Waals surface area (Å²) in [5.74, 6) is 0.414. The highest BCUT2D eigenvalue weighted by molar-refractivity contribution is 6.00. The third-order valence-corrected chi connectivity index (χ3v) is 5.95. The van der Waals surface area contributed by atoms with Crippen molar-refractivity contribution in [2.24, 2.45) is 0 Å². The van der Waals surface area contributed by atoms with Crippen LogP contribution in [0, 0.1) is 0 Å². The monoisotopic (exact) mass is 442 g/mol. The van der Waals surface area contributed by atoms with E-state index in [1.54, 1.807) is 18.3 Å². The van der Waals surface area contributed by atoms with Crippen molar-refractivity contribution in [2.75, 3.05) is 31.1 Å². The van der Waals surface area contributed by atoms with Crippen molar-refractivity contribution in [2.45, 2.75) is 25.4 Å². The summed E-state index contributed by atoms with van der Waals surface area (Å²) in [5.41, 5.74) is 2.82. The number of rotatable bonds is 8. The van der Waals surface area contributed by atoms with Crippen LogP contribution in [-0.2, 0) is 17.8 Å². The zero-order valence-electron chi connectivity index (χ0n) is 18.8. The van der Waals surface area contributed by atoms with Crippen LogP contribution in [0.5, 0.6) is 0 Å². The Labute approximate surface area is 195 Å². The Balaban J connectivity index is 1.42. The fourth-order valence-corrected chi connectivity index (χ4v) is 4.26. The molecule has 0 bridgehead atoms. The molecule has 6 nitrogen and oxygen atoms in total. The van der Waals surface area contributed by atoms with Crippen LogP contribution in [0.25, 0.3) is 0 Å². The van der Waals surface area contributed by atoms with Gasteiger partial charge in [-0.05, 0) is 36.1 Å². The first-order valence-electron chi connectivity index (χ1n) is 11.5. The van der Waals surface area contributed by atoms with Gasteiger partial charge in [0.15, 0.2) is 0 Å². The molecule has 6 heteroatoms. The predicted octanol–water partition coefficient (Wildman–Crippen LogP) is 3.33. The van der Waals surface area contributed by atoms with Gasteiger partial charge in [-0.1, -0.05) is 60.7 Å². The Bertz CT molecular complexity index is 1040. The molecule has 33 heavy (non-hydrogen) atoms. The van der Waals surface area contributed by atoms with E-state index < -0.39 is 6.04 Å². The van der Waals surface area contributed by atoms with Crippen LogP contribution in [-0.4, -0.2) is 54.3 Å². The molecule has 0 saturated carbocycles. The zero-order valence-corrected chi connectivity index (χ0v) is 18.8. The highest BCUT2D eigenvalue weighted by Crippen LogP contribution is 2.20. The number of hydrogen-bond donors (Lipinski definition) is 1. The van der Waals surface area contributed by atoms with Gasteiger partial charge in [0.2, 0.25) is 0 Å². The molecule has 1 aromatic heterocycles. The lowest BCUT2D eigenvalue weighted by Gasteiger charge is -2.25. The molecular weight excluding hydrogens is 412 g/mol. The van der Waals surface area contributed by atoms with E-state index >= 15 is 0 Å². The van der Waals surface area contributed by atoms with Crippen molar-refractivity contribution in [3.05, 3.63) is 95.7 Å². The van der Waals surface area contributed by atoms with Gasteiger partial charge in [0.1, 0.15) is 12.1 Å². The summed E-state index contributed by atoms with van der Waals surface area (Å²) in [6.07, 6.45) is 3.98. The molecule has 1 aliphatic heterocycles. The second kappa shape index (κ2) is 11.4. The lowest BCUT2D eigenvalue weighted by Crippen LogP contribution is -2.39. The molecule has 3 aromatic rings. The first-order valence-corrected chi connectivity index (χ1v) is 11.5. The molecule has 4 rings (SSSR count). The summed E-state index contributed by atoms with van der Waals surface area (Å²) in [5, 5.41) is 2.88. The first-order chi connectivity index (χ1) is 16.2. The third kappa shape index (κ3) is 6.26. The highest BCUT2D eigenvalue weighted by Gasteiger charge is 2.22. The largest absolute Gasteiger partial charge is 0.355 e. The number of carbonyl (C=O) groups excluding carboxylic acids is 2. The Kier molecular flexibility index (Phi) is 7.82. The van der Waals surface area contributed by atoms with E-state index in [4.69, 9.17) is 0 Å². The van der Waals surface area contributed by atoms with Gasteiger partial charge < -0.3 is 15.0 Å². The topological polar surface area (TPSA) is 65.5 Å². The Morgan fingerprint density at radius 2 is 1.64 bits per heavy atom. The number of nitrogens with one attached hydrogen (secondary N) is 1. The summed E-state index contributed by atoms with van der Waals surface area (Å²) in [7, 11) is 0. The molecule has 0 aliphatic carbocycles. The highest BCUT2D eigenvalue weighted by atomic mass is 16.2. The molecular formula is C27H30N4O2. The molecule has 0 radical (unpaired) electrons. The quantitative estimate of drug-likeness (QED) is 0.542. The van der Waals surface area contributed by atoms with Crippen molar-refractivity contribution < 1.29 is 9.59 Å². The molecule has 1 unspecified atom stereocenters. The number of pyridine rings is 1. The van der Waals surface area contributed by atoms with E-state index in [2.05, 4.69) is 44.4 Å². The van der Waals surface area contributed by atoms with Crippen molar-refractivity contribution >= 4 is 18.0 Å². The molecule has 1 fully saturated rings. The van der Waals surface area contributed by atoms with Gasteiger partial charge in [0, 0.05) is 38.9 Å². The number of aldehydes is 1. The number of anilines is 1. The van der Waals surface area contributed by atoms with Crippen molar-refractivity contribution in [3.8, 4) is 0 Å². The first kappa shape index (κ1) is 22.7. The van der Waals surface area contributed by atoms with E-state index in [1.807, 2.05) is 36.4 Å². The summed E-state index contributed by atoms with van der Waals surface area (Å²) >= 11 is 0. The van der Waals surface area contributed by atoms with Crippen LogP contribution in [0.15, 0.2) is 79.0 Å². The van der Waals surface area contributed by atoms with Crippen LogP contribution >= 0.6 is 0 Å². The fraction of sp³-hybridized carbons (Fsp3) is 0.296. The van der Waals surface area contributed by atoms with Gasteiger partial charge in [0.25, 0.3) is 5.91 Å². The van der Waals surface area contributed by atoms with Crippen LogP contribution in [0.4, 0.5) is 5.82 Å². The van der Waals surface area contributed by atoms with E-state index in [9.17, 15) is 9.59 Å². The molecule has 2 aromatic carbocycles. The normalized spacial score (nSPS) is 15.5. The standard InChI is InChI=1S/C27H30N4O2/c32-21-24(19-22-9-3-1-4-10-22)29-27(33)25-13-7-14-28-26(25)31-16-8-15-30(17-18-31)20-23-11-5-2-6-12-23/h1-7,9-14,21,24H,8,15-20H2,(H,29,33). The molecule has 1 aliphatic rings. The number of benzene rings is 2. The number of hydrogen-bond acceptors (Lipinski definition) is 5. The number of amides is 1. The summed E-state index contributed by atoms with van der Waals surface area (Å²) in [6, 6.07) is 23.2. The van der Waals surface area contributed by atoms with Crippen LogP contribution in [0.2, 0.25) is 0 Å². The minimum absolute atomic E-state index is 0.267. The number of carbonyl (C=O) groups is 2. The van der Waals surface area contributed by atoms with Gasteiger partial charge in [-0.25, -0.2) is 4.98 Å². The van der Waals surface area contributed by atoms with E-state index in [0.29, 0.717) is 17.8 Å².